The third kappa shape index (κ3) is 1.81. The van der Waals surface area contributed by atoms with E-state index in [4.69, 9.17) is 0 Å². The standard InChI is InChI=1S/C12H12N2O/c1-2-11(15)14-9-8-13-12(14)10-6-4-3-5-7-10/h3-9H,2H2,1H3. The molecule has 1 aromatic carbocycles. The number of carbonyl (C=O) groups excluding carboxylic acids is 1. The van der Waals surface area contributed by atoms with Gasteiger partial charge >= 0.3 is 0 Å². The van der Waals surface area contributed by atoms with Crippen molar-refractivity contribution in [1.29, 1.82) is 0 Å². The topological polar surface area (TPSA) is 34.9 Å². The zero-order chi connectivity index (χ0) is 10.7. The van der Waals surface area contributed by atoms with Crippen molar-refractivity contribution >= 4 is 5.91 Å². The number of benzene rings is 1. The minimum Gasteiger partial charge on any atom is -0.274 e. The normalized spacial score (nSPS) is 10.2. The molecule has 0 saturated carbocycles. The van der Waals surface area contributed by atoms with Crippen LogP contribution >= 0.6 is 0 Å². The maximum atomic E-state index is 11.6. The van der Waals surface area contributed by atoms with Crippen LogP contribution < -0.4 is 0 Å². The number of carbonyl (C=O) groups is 1. The lowest BCUT2D eigenvalue weighted by molar-refractivity contribution is 0.0911. The quantitative estimate of drug-likeness (QED) is 0.746. The molecule has 76 valence electrons. The van der Waals surface area contributed by atoms with Gasteiger partial charge in [0.2, 0.25) is 5.91 Å². The molecule has 3 nitrogen and oxygen atoms in total. The second kappa shape index (κ2) is 4.09. The first kappa shape index (κ1) is 9.65. The molecule has 0 radical (unpaired) electrons. The summed E-state index contributed by atoms with van der Waals surface area (Å²) < 4.78 is 1.59. The van der Waals surface area contributed by atoms with Crippen molar-refractivity contribution in [2.75, 3.05) is 0 Å². The van der Waals surface area contributed by atoms with Gasteiger partial charge < -0.3 is 0 Å². The van der Waals surface area contributed by atoms with Crippen LogP contribution in [0.25, 0.3) is 11.4 Å². The van der Waals surface area contributed by atoms with Crippen LogP contribution in [0.15, 0.2) is 42.7 Å². The molecule has 0 amide bonds. The molecule has 0 N–H and O–H groups in total. The van der Waals surface area contributed by atoms with Gasteiger partial charge in [0.25, 0.3) is 0 Å². The summed E-state index contributed by atoms with van der Waals surface area (Å²) in [6.07, 6.45) is 3.83. The Morgan fingerprint density at radius 2 is 2.07 bits per heavy atom. The van der Waals surface area contributed by atoms with Gasteiger partial charge in [0.1, 0.15) is 5.82 Å². The van der Waals surface area contributed by atoms with Crippen molar-refractivity contribution in [3.05, 3.63) is 42.7 Å². The highest BCUT2D eigenvalue weighted by molar-refractivity contribution is 5.82. The minimum atomic E-state index is 0.0614. The molecule has 0 aliphatic heterocycles. The van der Waals surface area contributed by atoms with E-state index in [1.807, 2.05) is 37.3 Å². The number of aromatic nitrogens is 2. The summed E-state index contributed by atoms with van der Waals surface area (Å²) in [5.74, 6) is 0.772. The molecule has 3 heteroatoms. The summed E-state index contributed by atoms with van der Waals surface area (Å²) >= 11 is 0. The molecule has 1 aromatic heterocycles. The number of hydrogen-bond donors (Lipinski definition) is 0. The summed E-state index contributed by atoms with van der Waals surface area (Å²) in [5.41, 5.74) is 0.962. The highest BCUT2D eigenvalue weighted by atomic mass is 16.2. The van der Waals surface area contributed by atoms with E-state index in [2.05, 4.69) is 4.98 Å². The lowest BCUT2D eigenvalue weighted by Crippen LogP contribution is -2.09. The fraction of sp³-hybridized carbons (Fsp3) is 0.167. The van der Waals surface area contributed by atoms with Crippen LogP contribution in [0.3, 0.4) is 0 Å². The Morgan fingerprint density at radius 3 is 2.73 bits per heavy atom. The molecule has 0 atom stereocenters. The second-order valence-corrected chi connectivity index (χ2v) is 3.23. The zero-order valence-electron chi connectivity index (χ0n) is 8.55. The third-order valence-electron chi connectivity index (χ3n) is 2.24. The van der Waals surface area contributed by atoms with Crippen molar-refractivity contribution in [3.63, 3.8) is 0 Å². The van der Waals surface area contributed by atoms with Crippen molar-refractivity contribution in [2.24, 2.45) is 0 Å². The summed E-state index contributed by atoms with van der Waals surface area (Å²) in [6, 6.07) is 9.71. The summed E-state index contributed by atoms with van der Waals surface area (Å²) in [5, 5.41) is 0. The molecule has 0 saturated heterocycles. The lowest BCUT2D eigenvalue weighted by atomic mass is 10.2. The number of nitrogens with zero attached hydrogens (tertiary/aromatic N) is 2. The fourth-order valence-corrected chi connectivity index (χ4v) is 1.48. The number of imidazole rings is 1. The number of rotatable bonds is 2. The average Bonchev–Trinajstić information content (AvgIpc) is 2.78. The summed E-state index contributed by atoms with van der Waals surface area (Å²) in [6.45, 7) is 1.84. The molecule has 0 bridgehead atoms. The molecule has 0 aliphatic rings. The van der Waals surface area contributed by atoms with Gasteiger partial charge in [0.05, 0.1) is 0 Å². The van der Waals surface area contributed by atoms with Gasteiger partial charge in [-0.05, 0) is 0 Å². The van der Waals surface area contributed by atoms with Gasteiger partial charge in [0, 0.05) is 24.4 Å². The molecule has 0 unspecified atom stereocenters. The van der Waals surface area contributed by atoms with Crippen LogP contribution in [0, 0.1) is 0 Å². The van der Waals surface area contributed by atoms with Crippen LogP contribution in [-0.4, -0.2) is 15.5 Å². The first-order valence-electron chi connectivity index (χ1n) is 4.95. The Bertz CT molecular complexity index is 459. The largest absolute Gasteiger partial charge is 0.274 e. The molecule has 2 rings (SSSR count). The zero-order valence-corrected chi connectivity index (χ0v) is 8.55. The van der Waals surface area contributed by atoms with Gasteiger partial charge in [-0.1, -0.05) is 37.3 Å². The third-order valence-corrected chi connectivity index (χ3v) is 2.24. The van der Waals surface area contributed by atoms with E-state index < -0.39 is 0 Å². The van der Waals surface area contributed by atoms with E-state index in [-0.39, 0.29) is 5.91 Å². The Morgan fingerprint density at radius 1 is 1.33 bits per heavy atom. The van der Waals surface area contributed by atoms with Crippen molar-refractivity contribution < 1.29 is 4.79 Å². The van der Waals surface area contributed by atoms with E-state index in [1.54, 1.807) is 17.0 Å². The predicted octanol–water partition coefficient (Wildman–Crippen LogP) is 2.60. The van der Waals surface area contributed by atoms with E-state index in [1.165, 1.54) is 0 Å². The predicted molar refractivity (Wildman–Crippen MR) is 58.6 cm³/mol. The van der Waals surface area contributed by atoms with E-state index in [0.717, 1.165) is 5.56 Å². The molecule has 1 heterocycles. The maximum absolute atomic E-state index is 11.6. The van der Waals surface area contributed by atoms with Gasteiger partial charge in [-0.3, -0.25) is 9.36 Å². The highest BCUT2D eigenvalue weighted by Crippen LogP contribution is 2.16. The number of hydrogen-bond acceptors (Lipinski definition) is 2. The molecular weight excluding hydrogens is 188 g/mol. The van der Waals surface area contributed by atoms with Crippen molar-refractivity contribution in [3.8, 4) is 11.4 Å². The van der Waals surface area contributed by atoms with Crippen LogP contribution in [0.2, 0.25) is 0 Å². The second-order valence-electron chi connectivity index (χ2n) is 3.23. The van der Waals surface area contributed by atoms with Crippen molar-refractivity contribution in [2.45, 2.75) is 13.3 Å². The first-order valence-corrected chi connectivity index (χ1v) is 4.95. The Kier molecular flexibility index (Phi) is 2.63. The SMILES string of the molecule is CCC(=O)n1ccnc1-c1ccccc1. The summed E-state index contributed by atoms with van der Waals surface area (Å²) in [4.78, 5) is 15.8. The molecule has 0 aliphatic carbocycles. The van der Waals surface area contributed by atoms with Gasteiger partial charge in [-0.2, -0.15) is 0 Å². The van der Waals surface area contributed by atoms with Crippen LogP contribution in [-0.2, 0) is 0 Å². The van der Waals surface area contributed by atoms with Gasteiger partial charge in [-0.25, -0.2) is 4.98 Å². The van der Waals surface area contributed by atoms with Crippen LogP contribution in [0.5, 0.6) is 0 Å². The lowest BCUT2D eigenvalue weighted by Gasteiger charge is -2.04. The van der Waals surface area contributed by atoms with Crippen LogP contribution in [0.1, 0.15) is 18.1 Å². The molecule has 0 spiro atoms. The van der Waals surface area contributed by atoms with Crippen molar-refractivity contribution in [1.82, 2.24) is 9.55 Å². The monoisotopic (exact) mass is 200 g/mol. The molecular formula is C12H12N2O. The highest BCUT2D eigenvalue weighted by Gasteiger charge is 2.09. The fourth-order valence-electron chi connectivity index (χ4n) is 1.48. The molecule has 15 heavy (non-hydrogen) atoms. The van der Waals surface area contributed by atoms with E-state index in [0.29, 0.717) is 12.2 Å². The van der Waals surface area contributed by atoms with Gasteiger partial charge in [0.15, 0.2) is 0 Å². The maximum Gasteiger partial charge on any atom is 0.232 e. The average molecular weight is 200 g/mol. The first-order chi connectivity index (χ1) is 7.33. The molecule has 0 fully saturated rings. The van der Waals surface area contributed by atoms with Crippen LogP contribution in [0.4, 0.5) is 0 Å². The summed E-state index contributed by atoms with van der Waals surface area (Å²) in [7, 11) is 0. The van der Waals surface area contributed by atoms with E-state index in [9.17, 15) is 4.79 Å². The molecule has 2 aromatic rings. The Balaban J connectivity index is 2.46. The Hall–Kier alpha value is -1.90. The smallest absolute Gasteiger partial charge is 0.232 e. The van der Waals surface area contributed by atoms with E-state index >= 15 is 0 Å². The van der Waals surface area contributed by atoms with Gasteiger partial charge in [-0.15, -0.1) is 0 Å². The minimum absolute atomic E-state index is 0.0614. The Labute approximate surface area is 88.4 Å².